The van der Waals surface area contributed by atoms with Crippen LogP contribution >= 0.6 is 0 Å². The van der Waals surface area contributed by atoms with Gasteiger partial charge in [0.1, 0.15) is 17.5 Å². The summed E-state index contributed by atoms with van der Waals surface area (Å²) in [5.41, 5.74) is 2.27. The Hall–Kier alpha value is -2.76. The second-order valence-electron chi connectivity index (χ2n) is 6.30. The summed E-state index contributed by atoms with van der Waals surface area (Å²) in [5, 5.41) is 14.8. The molecule has 4 heterocycles. The van der Waals surface area contributed by atoms with Crippen LogP contribution in [0.4, 0.5) is 0 Å². The van der Waals surface area contributed by atoms with Crippen LogP contribution in [0.2, 0.25) is 0 Å². The van der Waals surface area contributed by atoms with E-state index in [0.29, 0.717) is 19.8 Å². The molecule has 0 unspecified atom stereocenters. The van der Waals surface area contributed by atoms with Crippen LogP contribution in [0.25, 0.3) is 22.3 Å². The van der Waals surface area contributed by atoms with Crippen molar-refractivity contribution in [2.45, 2.75) is 18.9 Å². The summed E-state index contributed by atoms with van der Waals surface area (Å²) in [6.07, 6.45) is 7.59. The highest BCUT2D eigenvalue weighted by Gasteiger charge is 2.45. The van der Waals surface area contributed by atoms with Gasteiger partial charge < -0.3 is 9.72 Å². The summed E-state index contributed by atoms with van der Waals surface area (Å²) < 4.78 is 7.36. The number of rotatable bonds is 6. The van der Waals surface area contributed by atoms with E-state index in [1.165, 1.54) is 0 Å². The van der Waals surface area contributed by atoms with Crippen LogP contribution < -0.4 is 0 Å². The first-order valence-electron chi connectivity index (χ1n) is 8.26. The van der Waals surface area contributed by atoms with Gasteiger partial charge in [-0.15, -0.1) is 0 Å². The molecule has 1 fully saturated rings. The average molecular weight is 337 g/mol. The molecule has 0 spiro atoms. The molecular weight excluding hydrogens is 318 g/mol. The van der Waals surface area contributed by atoms with Crippen molar-refractivity contribution in [2.75, 3.05) is 26.4 Å². The Morgan fingerprint density at radius 2 is 2.28 bits per heavy atom. The molecule has 0 radical (unpaired) electrons. The predicted octanol–water partition coefficient (Wildman–Crippen LogP) is 1.74. The molecule has 1 aliphatic heterocycles. The Kier molecular flexibility index (Phi) is 3.95. The van der Waals surface area contributed by atoms with Gasteiger partial charge in [-0.2, -0.15) is 10.4 Å². The van der Waals surface area contributed by atoms with E-state index in [2.05, 4.69) is 31.0 Å². The molecule has 0 saturated carbocycles. The van der Waals surface area contributed by atoms with E-state index in [-0.39, 0.29) is 5.54 Å². The molecule has 128 valence electrons. The van der Waals surface area contributed by atoms with Crippen molar-refractivity contribution in [3.8, 4) is 17.3 Å². The first-order chi connectivity index (χ1) is 12.3. The van der Waals surface area contributed by atoms with Gasteiger partial charge in [0.2, 0.25) is 0 Å². The van der Waals surface area contributed by atoms with E-state index in [9.17, 15) is 5.26 Å². The van der Waals surface area contributed by atoms with E-state index in [1.807, 2.05) is 30.1 Å². The van der Waals surface area contributed by atoms with Gasteiger partial charge in [-0.25, -0.2) is 9.97 Å². The quantitative estimate of drug-likeness (QED) is 0.736. The van der Waals surface area contributed by atoms with Gasteiger partial charge in [0.25, 0.3) is 0 Å². The Bertz CT molecular complexity index is 916. The summed E-state index contributed by atoms with van der Waals surface area (Å²) in [7, 11) is 0. The van der Waals surface area contributed by atoms with Gasteiger partial charge in [0.05, 0.1) is 31.1 Å². The number of ether oxygens (including phenoxy) is 1. The van der Waals surface area contributed by atoms with Crippen LogP contribution in [0, 0.1) is 11.3 Å². The molecule has 0 bridgehead atoms. The fraction of sp³-hybridized carbons (Fsp3) is 0.412. The second-order valence-corrected chi connectivity index (χ2v) is 6.30. The zero-order valence-electron chi connectivity index (χ0n) is 14.0. The maximum atomic E-state index is 9.26. The number of hydrogen-bond donors (Lipinski definition) is 1. The lowest BCUT2D eigenvalue weighted by Gasteiger charge is -2.48. The van der Waals surface area contributed by atoms with Gasteiger partial charge in [-0.3, -0.25) is 9.58 Å². The predicted molar refractivity (Wildman–Crippen MR) is 91.4 cm³/mol. The number of aromatic nitrogens is 5. The summed E-state index contributed by atoms with van der Waals surface area (Å²) in [6.45, 7) is 4.77. The normalized spacial score (nSPS) is 16.6. The number of nitrogens with one attached hydrogen (secondary N) is 1. The van der Waals surface area contributed by atoms with Crippen molar-refractivity contribution < 1.29 is 4.74 Å². The Balaban J connectivity index is 1.62. The number of fused-ring (bicyclic) bond motifs is 1. The Morgan fingerprint density at radius 3 is 3.08 bits per heavy atom. The number of nitriles is 1. The highest BCUT2D eigenvalue weighted by molar-refractivity contribution is 5.89. The third kappa shape index (κ3) is 2.67. The van der Waals surface area contributed by atoms with Gasteiger partial charge in [0.15, 0.2) is 0 Å². The lowest BCUT2D eigenvalue weighted by Crippen LogP contribution is -2.63. The van der Waals surface area contributed by atoms with Gasteiger partial charge in [-0.1, -0.05) is 0 Å². The maximum Gasteiger partial charge on any atom is 0.141 e. The van der Waals surface area contributed by atoms with Crippen LogP contribution in [0.15, 0.2) is 31.0 Å². The van der Waals surface area contributed by atoms with Crippen molar-refractivity contribution in [3.05, 3.63) is 31.0 Å². The molecule has 8 heteroatoms. The highest BCUT2D eigenvalue weighted by Crippen LogP contribution is 2.34. The zero-order chi connectivity index (χ0) is 17.3. The fourth-order valence-corrected chi connectivity index (χ4v) is 3.39. The number of aromatic amines is 1. The fourth-order valence-electron chi connectivity index (χ4n) is 3.39. The Morgan fingerprint density at radius 1 is 1.40 bits per heavy atom. The van der Waals surface area contributed by atoms with E-state index < -0.39 is 0 Å². The number of likely N-dealkylation sites (tertiary alicyclic amines) is 1. The van der Waals surface area contributed by atoms with Gasteiger partial charge in [-0.05, 0) is 13.0 Å². The van der Waals surface area contributed by atoms with E-state index in [4.69, 9.17) is 4.74 Å². The minimum absolute atomic E-state index is 0.297. The molecule has 0 aromatic carbocycles. The molecule has 4 rings (SSSR count). The van der Waals surface area contributed by atoms with E-state index >= 15 is 0 Å². The Labute approximate surface area is 145 Å². The number of hydrogen-bond acceptors (Lipinski definition) is 6. The van der Waals surface area contributed by atoms with E-state index in [0.717, 1.165) is 35.4 Å². The van der Waals surface area contributed by atoms with Gasteiger partial charge in [0, 0.05) is 43.0 Å². The third-order valence-corrected chi connectivity index (χ3v) is 4.62. The van der Waals surface area contributed by atoms with Crippen molar-refractivity contribution in [3.63, 3.8) is 0 Å². The van der Waals surface area contributed by atoms with Crippen LogP contribution in [-0.2, 0) is 10.3 Å². The smallest absolute Gasteiger partial charge is 0.141 e. The summed E-state index contributed by atoms with van der Waals surface area (Å²) in [6, 6.07) is 4.26. The topological polar surface area (TPSA) is 95.6 Å². The molecule has 3 aromatic rings. The lowest BCUT2D eigenvalue weighted by atomic mass is 9.87. The molecule has 1 saturated heterocycles. The second kappa shape index (κ2) is 6.27. The monoisotopic (exact) mass is 337 g/mol. The number of nitrogens with zero attached hydrogens (tertiary/aromatic N) is 6. The molecule has 3 aromatic heterocycles. The summed E-state index contributed by atoms with van der Waals surface area (Å²) >= 11 is 0. The molecule has 0 amide bonds. The molecule has 0 aliphatic carbocycles. The zero-order valence-corrected chi connectivity index (χ0v) is 14.0. The maximum absolute atomic E-state index is 9.26. The van der Waals surface area contributed by atoms with Crippen LogP contribution in [0.1, 0.15) is 13.3 Å². The molecule has 1 N–H and O–H groups in total. The lowest BCUT2D eigenvalue weighted by molar-refractivity contribution is -0.0720. The molecule has 8 nitrogen and oxygen atoms in total. The average Bonchev–Trinajstić information content (AvgIpc) is 3.25. The van der Waals surface area contributed by atoms with Crippen LogP contribution in [0.3, 0.4) is 0 Å². The van der Waals surface area contributed by atoms with Crippen LogP contribution in [0.5, 0.6) is 0 Å². The largest absolute Gasteiger partial charge is 0.366 e. The van der Waals surface area contributed by atoms with Crippen LogP contribution in [-0.4, -0.2) is 56.1 Å². The number of H-pyrrole nitrogens is 1. The first kappa shape index (κ1) is 15.7. The van der Waals surface area contributed by atoms with Crippen molar-refractivity contribution in [1.82, 2.24) is 29.6 Å². The third-order valence-electron chi connectivity index (χ3n) is 4.62. The van der Waals surface area contributed by atoms with Crippen molar-refractivity contribution in [1.29, 1.82) is 5.26 Å². The summed E-state index contributed by atoms with van der Waals surface area (Å²) in [5.74, 6) is 0. The van der Waals surface area contributed by atoms with Crippen molar-refractivity contribution in [2.24, 2.45) is 0 Å². The molecule has 25 heavy (non-hydrogen) atoms. The molecule has 0 atom stereocenters. The molecule has 1 aliphatic rings. The van der Waals surface area contributed by atoms with Crippen molar-refractivity contribution >= 4 is 11.0 Å². The van der Waals surface area contributed by atoms with E-state index in [1.54, 1.807) is 12.5 Å². The van der Waals surface area contributed by atoms with Gasteiger partial charge >= 0.3 is 0 Å². The SMILES string of the molecule is CCOCN1CC(CC#N)(n2cc(-c3ncnc4[nH]ccc34)cn2)C1. The molecular formula is C17H19N7O. The summed E-state index contributed by atoms with van der Waals surface area (Å²) in [4.78, 5) is 13.9. The first-order valence-corrected chi connectivity index (χ1v) is 8.26. The minimum Gasteiger partial charge on any atom is -0.366 e. The minimum atomic E-state index is -0.297. The highest BCUT2D eigenvalue weighted by atomic mass is 16.5. The standard InChI is InChI=1S/C17H19N7O/c1-2-25-12-23-9-17(10-23,4-5-18)24-8-13(7-22-24)15-14-3-6-19-16(14)21-11-20-15/h3,6-8,11H,2,4,9-10,12H2,1H3,(H,19,20,21).